The van der Waals surface area contributed by atoms with Crippen LogP contribution in [0.1, 0.15) is 33.9 Å². The van der Waals surface area contributed by atoms with Crippen molar-refractivity contribution in [3.8, 4) is 0 Å². The molecule has 1 unspecified atom stereocenters. The largest absolute Gasteiger partial charge is 0.384 e. The van der Waals surface area contributed by atoms with Crippen LogP contribution in [0.3, 0.4) is 0 Å². The van der Waals surface area contributed by atoms with Crippen molar-refractivity contribution in [2.24, 2.45) is 0 Å². The van der Waals surface area contributed by atoms with Crippen molar-refractivity contribution in [2.45, 2.75) is 26.9 Å². The van der Waals surface area contributed by atoms with Crippen molar-refractivity contribution in [1.82, 2.24) is 4.98 Å². The average Bonchev–Trinajstić information content (AvgIpc) is 2.33. The van der Waals surface area contributed by atoms with Crippen molar-refractivity contribution in [2.75, 3.05) is 0 Å². The van der Waals surface area contributed by atoms with Crippen LogP contribution in [0.2, 0.25) is 5.15 Å². The van der Waals surface area contributed by atoms with Gasteiger partial charge in [-0.05, 0) is 60.7 Å². The number of benzene rings is 1. The van der Waals surface area contributed by atoms with Gasteiger partial charge in [0.15, 0.2) is 0 Å². The van der Waals surface area contributed by atoms with Crippen LogP contribution in [0.4, 0.5) is 0 Å². The summed E-state index contributed by atoms with van der Waals surface area (Å²) in [7, 11) is 0. The van der Waals surface area contributed by atoms with E-state index >= 15 is 0 Å². The Morgan fingerprint density at radius 3 is 2.39 bits per heavy atom. The van der Waals surface area contributed by atoms with Crippen molar-refractivity contribution in [1.29, 1.82) is 0 Å². The molecule has 1 atom stereocenters. The molecule has 0 saturated heterocycles. The Morgan fingerprint density at radius 2 is 1.72 bits per heavy atom. The highest BCUT2D eigenvalue weighted by Gasteiger charge is 2.14. The number of pyridine rings is 1. The molecule has 0 fully saturated rings. The highest BCUT2D eigenvalue weighted by molar-refractivity contribution is 6.29. The summed E-state index contributed by atoms with van der Waals surface area (Å²) < 4.78 is 0. The highest BCUT2D eigenvalue weighted by Crippen LogP contribution is 2.27. The van der Waals surface area contributed by atoms with Gasteiger partial charge in [-0.3, -0.25) is 0 Å². The molecule has 1 aromatic carbocycles. The quantitative estimate of drug-likeness (QED) is 0.836. The van der Waals surface area contributed by atoms with Gasteiger partial charge in [-0.1, -0.05) is 23.7 Å². The fourth-order valence-corrected chi connectivity index (χ4v) is 2.23. The van der Waals surface area contributed by atoms with Crippen LogP contribution in [-0.4, -0.2) is 10.1 Å². The zero-order chi connectivity index (χ0) is 13.3. The Kier molecular flexibility index (Phi) is 3.69. The van der Waals surface area contributed by atoms with Crippen LogP contribution in [0.15, 0.2) is 30.5 Å². The molecule has 0 aliphatic carbocycles. The molecule has 0 bridgehead atoms. The van der Waals surface area contributed by atoms with Gasteiger partial charge in [0, 0.05) is 6.20 Å². The minimum Gasteiger partial charge on any atom is -0.384 e. The molecule has 0 saturated carbocycles. The second kappa shape index (κ2) is 5.09. The van der Waals surface area contributed by atoms with Gasteiger partial charge in [0.25, 0.3) is 0 Å². The van der Waals surface area contributed by atoms with E-state index in [1.165, 1.54) is 11.1 Å². The Bertz CT molecular complexity index is 581. The smallest absolute Gasteiger partial charge is 0.129 e. The Balaban J connectivity index is 2.46. The lowest BCUT2D eigenvalue weighted by Crippen LogP contribution is -2.03. The van der Waals surface area contributed by atoms with E-state index < -0.39 is 6.10 Å². The molecule has 2 nitrogen and oxygen atoms in total. The van der Waals surface area contributed by atoms with E-state index in [9.17, 15) is 5.11 Å². The van der Waals surface area contributed by atoms with Gasteiger partial charge in [0.2, 0.25) is 0 Å². The molecule has 1 N–H and O–H groups in total. The fourth-order valence-electron chi connectivity index (χ4n) is 2.04. The molecule has 3 heteroatoms. The lowest BCUT2D eigenvalue weighted by molar-refractivity contribution is 0.219. The minimum absolute atomic E-state index is 0.396. The maximum absolute atomic E-state index is 10.4. The predicted molar refractivity (Wildman–Crippen MR) is 74.0 cm³/mol. The number of hydrogen-bond acceptors (Lipinski definition) is 2. The molecule has 0 radical (unpaired) electrons. The standard InChI is InChI=1S/C15H16ClNO/c1-9-6-11(3)13(7-10(9)2)15(18)12-4-5-17-14(16)8-12/h4-8,15,18H,1-3H3. The molecular formula is C15H16ClNO. The van der Waals surface area contributed by atoms with Gasteiger partial charge in [-0.2, -0.15) is 0 Å². The molecular weight excluding hydrogens is 246 g/mol. The third-order valence-corrected chi connectivity index (χ3v) is 3.45. The predicted octanol–water partition coefficient (Wildman–Crippen LogP) is 3.74. The van der Waals surface area contributed by atoms with Crippen molar-refractivity contribution in [3.63, 3.8) is 0 Å². The fraction of sp³-hybridized carbons (Fsp3) is 0.267. The summed E-state index contributed by atoms with van der Waals surface area (Å²) >= 11 is 5.85. The molecule has 0 amide bonds. The maximum Gasteiger partial charge on any atom is 0.129 e. The second-order valence-electron chi connectivity index (χ2n) is 4.61. The zero-order valence-corrected chi connectivity index (χ0v) is 11.5. The third-order valence-electron chi connectivity index (χ3n) is 3.24. The van der Waals surface area contributed by atoms with E-state index in [2.05, 4.69) is 18.0 Å². The Morgan fingerprint density at radius 1 is 1.06 bits per heavy atom. The maximum atomic E-state index is 10.4. The van der Waals surface area contributed by atoms with Crippen molar-refractivity contribution in [3.05, 3.63) is 63.4 Å². The lowest BCUT2D eigenvalue weighted by atomic mass is 9.94. The molecule has 18 heavy (non-hydrogen) atoms. The average molecular weight is 262 g/mol. The number of nitrogens with zero attached hydrogens (tertiary/aromatic N) is 1. The molecule has 0 spiro atoms. The molecule has 0 aliphatic rings. The first kappa shape index (κ1) is 13.1. The normalized spacial score (nSPS) is 12.5. The topological polar surface area (TPSA) is 33.1 Å². The molecule has 2 rings (SSSR count). The summed E-state index contributed by atoms with van der Waals surface area (Å²) in [5.41, 5.74) is 5.17. The Hall–Kier alpha value is -1.38. The van der Waals surface area contributed by atoms with Gasteiger partial charge < -0.3 is 5.11 Å². The SMILES string of the molecule is Cc1cc(C)c(C(O)c2ccnc(Cl)c2)cc1C. The van der Waals surface area contributed by atoms with Crippen molar-refractivity contribution < 1.29 is 5.11 Å². The zero-order valence-electron chi connectivity index (χ0n) is 10.7. The van der Waals surface area contributed by atoms with Crippen LogP contribution in [-0.2, 0) is 0 Å². The summed E-state index contributed by atoms with van der Waals surface area (Å²) in [6.45, 7) is 6.13. The van der Waals surface area contributed by atoms with Crippen LogP contribution < -0.4 is 0 Å². The van der Waals surface area contributed by atoms with Gasteiger partial charge in [0.05, 0.1) is 0 Å². The van der Waals surface area contributed by atoms with E-state index in [0.29, 0.717) is 5.15 Å². The number of rotatable bonds is 2. The molecule has 0 aliphatic heterocycles. The van der Waals surface area contributed by atoms with E-state index in [1.54, 1.807) is 18.3 Å². The molecule has 1 heterocycles. The molecule has 94 valence electrons. The summed E-state index contributed by atoms with van der Waals surface area (Å²) in [5.74, 6) is 0. The van der Waals surface area contributed by atoms with Crippen LogP contribution in [0.5, 0.6) is 0 Å². The summed E-state index contributed by atoms with van der Waals surface area (Å²) in [4.78, 5) is 3.92. The van der Waals surface area contributed by atoms with E-state index in [1.807, 2.05) is 19.9 Å². The number of aromatic nitrogens is 1. The van der Waals surface area contributed by atoms with Crippen LogP contribution >= 0.6 is 11.6 Å². The van der Waals surface area contributed by atoms with Gasteiger partial charge in [-0.25, -0.2) is 4.98 Å². The molecule has 1 aromatic heterocycles. The number of aliphatic hydroxyl groups excluding tert-OH is 1. The van der Waals surface area contributed by atoms with Gasteiger partial charge in [0.1, 0.15) is 11.3 Å². The molecule has 2 aromatic rings. The van der Waals surface area contributed by atoms with E-state index in [-0.39, 0.29) is 0 Å². The number of hydrogen-bond donors (Lipinski definition) is 1. The summed E-state index contributed by atoms with van der Waals surface area (Å²) in [6, 6.07) is 7.60. The minimum atomic E-state index is -0.662. The number of aryl methyl sites for hydroxylation is 3. The van der Waals surface area contributed by atoms with Crippen molar-refractivity contribution >= 4 is 11.6 Å². The van der Waals surface area contributed by atoms with E-state index in [0.717, 1.165) is 16.7 Å². The highest BCUT2D eigenvalue weighted by atomic mass is 35.5. The van der Waals surface area contributed by atoms with Gasteiger partial charge >= 0.3 is 0 Å². The van der Waals surface area contributed by atoms with Crippen LogP contribution in [0, 0.1) is 20.8 Å². The number of aliphatic hydroxyl groups is 1. The number of halogens is 1. The lowest BCUT2D eigenvalue weighted by Gasteiger charge is -2.16. The second-order valence-corrected chi connectivity index (χ2v) is 4.99. The first-order valence-corrected chi connectivity index (χ1v) is 6.24. The first-order valence-electron chi connectivity index (χ1n) is 5.86. The third kappa shape index (κ3) is 2.55. The van der Waals surface area contributed by atoms with Gasteiger partial charge in [-0.15, -0.1) is 0 Å². The Labute approximate surface area is 112 Å². The van der Waals surface area contributed by atoms with E-state index in [4.69, 9.17) is 11.6 Å². The summed E-state index contributed by atoms with van der Waals surface area (Å²) in [6.07, 6.45) is 0.946. The monoisotopic (exact) mass is 261 g/mol. The summed E-state index contributed by atoms with van der Waals surface area (Å²) in [5, 5.41) is 10.8. The van der Waals surface area contributed by atoms with Crippen LogP contribution in [0.25, 0.3) is 0 Å². The first-order chi connectivity index (χ1) is 8.49.